The fourth-order valence-electron chi connectivity index (χ4n) is 11.4. The van der Waals surface area contributed by atoms with Gasteiger partial charge in [-0.15, -0.1) is 0 Å². The molecule has 2 bridgehead atoms. The number of fused-ring (bicyclic) bond motifs is 3. The molecule has 0 radical (unpaired) electrons. The number of aliphatic hydroxyl groups is 2. The fraction of sp³-hybridized carbons (Fsp3) is 0.644. The number of piperidine rings is 1. The van der Waals surface area contributed by atoms with Crippen LogP contribution in [0, 0.1) is 41.4 Å². The van der Waals surface area contributed by atoms with Crippen molar-refractivity contribution in [3.8, 4) is 5.75 Å². The molecule has 2 amide bonds. The Labute approximate surface area is 464 Å². The molecule has 0 unspecified atom stereocenters. The van der Waals surface area contributed by atoms with E-state index in [2.05, 4.69) is 0 Å². The van der Waals surface area contributed by atoms with Crippen LogP contribution >= 0.6 is 0 Å². The maximum atomic E-state index is 14.6. The summed E-state index contributed by atoms with van der Waals surface area (Å²) >= 11 is 0. The van der Waals surface area contributed by atoms with Crippen LogP contribution in [0.2, 0.25) is 0 Å². The van der Waals surface area contributed by atoms with Crippen molar-refractivity contribution in [2.24, 2.45) is 41.4 Å². The third-order valence-electron chi connectivity index (χ3n) is 16.2. The summed E-state index contributed by atoms with van der Waals surface area (Å²) in [6, 6.07) is 5.74. The number of carbonyl (C=O) groups is 7. The molecule has 20 heteroatoms. The van der Waals surface area contributed by atoms with Crippen LogP contribution in [-0.4, -0.2) is 153 Å². The number of ketones is 3. The highest BCUT2D eigenvalue weighted by atomic mass is 16.9. The Morgan fingerprint density at radius 1 is 0.873 bits per heavy atom. The van der Waals surface area contributed by atoms with Crippen LogP contribution in [0.1, 0.15) is 126 Å². The molecule has 0 aromatic heterocycles. The lowest BCUT2D eigenvalue weighted by Gasteiger charge is -2.43. The van der Waals surface area contributed by atoms with E-state index in [9.17, 15) is 54.2 Å². The first-order valence-electron chi connectivity index (χ1n) is 27.8. The maximum Gasteiger partial charge on any atom is 0.439 e. The molecule has 5 rings (SSSR count). The summed E-state index contributed by atoms with van der Waals surface area (Å²) in [5, 5.41) is 45.6. The number of cyclic esters (lactones) is 1. The van der Waals surface area contributed by atoms with Gasteiger partial charge in [-0.2, -0.15) is 5.06 Å². The molecule has 2 saturated heterocycles. The van der Waals surface area contributed by atoms with Gasteiger partial charge in [0.15, 0.2) is 5.78 Å². The number of rotatable bonds is 9. The number of benzene rings is 1. The van der Waals surface area contributed by atoms with Gasteiger partial charge in [0.25, 0.3) is 11.7 Å². The van der Waals surface area contributed by atoms with Gasteiger partial charge in [-0.3, -0.25) is 29.6 Å². The lowest BCUT2D eigenvalue weighted by molar-refractivity contribution is -0.306. The number of hydrogen-bond acceptors (Lipinski definition) is 18. The van der Waals surface area contributed by atoms with Gasteiger partial charge in [-0.1, -0.05) is 89.3 Å². The lowest BCUT2D eigenvalue weighted by atomic mass is 9.75. The van der Waals surface area contributed by atoms with Crippen molar-refractivity contribution in [1.82, 2.24) is 15.2 Å². The van der Waals surface area contributed by atoms with E-state index in [1.807, 2.05) is 19.9 Å². The molecule has 3 heterocycles. The second kappa shape index (κ2) is 29.8. The minimum Gasteiger partial charge on any atom is -0.460 e. The van der Waals surface area contributed by atoms with Gasteiger partial charge in [-0.25, -0.2) is 14.4 Å². The molecule has 1 aromatic carbocycles. The normalized spacial score (nSPS) is 35.2. The van der Waals surface area contributed by atoms with Crippen LogP contribution in [0.25, 0.3) is 0 Å². The van der Waals surface area contributed by atoms with Crippen LogP contribution in [0.4, 0.5) is 4.79 Å². The molecule has 15 atom stereocenters. The van der Waals surface area contributed by atoms with E-state index in [1.165, 1.54) is 21.3 Å². The second-order valence-electron chi connectivity index (χ2n) is 22.3. The quantitative estimate of drug-likeness (QED) is 0.0614. The number of para-hydroxylation sites is 1. The number of allylic oxidation sites excluding steroid dienone is 6. The molecule has 3 fully saturated rings. The van der Waals surface area contributed by atoms with E-state index >= 15 is 0 Å². The largest absolute Gasteiger partial charge is 0.460 e. The third-order valence-corrected chi connectivity index (χ3v) is 16.2. The number of methoxy groups -OCH3 is 2. The van der Waals surface area contributed by atoms with Gasteiger partial charge >= 0.3 is 18.0 Å². The predicted molar refractivity (Wildman–Crippen MR) is 287 cm³/mol. The topological polar surface area (TPSA) is 266 Å². The highest BCUT2D eigenvalue weighted by molar-refractivity contribution is 6.39. The summed E-state index contributed by atoms with van der Waals surface area (Å²) in [7, 11) is 3.99. The summed E-state index contributed by atoms with van der Waals surface area (Å²) < 4.78 is 29.3. The van der Waals surface area contributed by atoms with Crippen molar-refractivity contribution in [2.75, 3.05) is 27.8 Å². The van der Waals surface area contributed by atoms with Crippen molar-refractivity contribution in [3.63, 3.8) is 0 Å². The van der Waals surface area contributed by atoms with Crippen LogP contribution < -0.4 is 4.74 Å². The van der Waals surface area contributed by atoms with Crippen molar-refractivity contribution >= 4 is 41.3 Å². The molecule has 1 aromatic rings. The average molecular weight is 1110 g/mol. The molecule has 1 saturated carbocycles. The van der Waals surface area contributed by atoms with Gasteiger partial charge < -0.3 is 43.6 Å². The number of amides is 2. The minimum atomic E-state index is -2.67. The Bertz CT molecular complexity index is 2390. The monoisotopic (exact) mass is 1110 g/mol. The molecule has 79 heavy (non-hydrogen) atoms. The number of aliphatic hydroxyl groups excluding tert-OH is 1. The standard InChI is InChI=1S/C59H85N3O17/c1-35-19-13-11-14-20-36(2)47(62(73)58(70)76-43-21-15-12-16-22-43)33-44-26-24-41(7)59(71,78-44)54(66)55(67)61-28-18-17-23-46(61)57(69)77-49(38(4)31-42-25-27-45(50(32-42)74-9)56(68)79-60(8)72)34-48(63)37(3)30-40(6)52(65)53(75-10)51(64)39(5)29-35/h11-16,19-22,30,35,37-39,41-42,44-47,49-50,52-53,65,71-73H,17-18,23-29,31-34H2,1-10H3/b14-11+,19-13+,36-20+,40-30+/t35-,37-,38-,39-,41-,42+,44+,45-,46+,47-,49+,50-,52-,53+,59-/m1/s1. The number of hydrogen-bond donors (Lipinski definition) is 4. The fourth-order valence-corrected chi connectivity index (χ4v) is 11.4. The Kier molecular flexibility index (Phi) is 24.3. The number of Topliss-reactive ketones (excluding diaryl/α,β-unsaturated/α-hetero) is 3. The molecule has 4 aliphatic rings. The van der Waals surface area contributed by atoms with E-state index in [0.29, 0.717) is 66.4 Å². The molecule has 4 N–H and O–H groups in total. The Hall–Kier alpha value is -5.45. The van der Waals surface area contributed by atoms with Crippen LogP contribution in [0.3, 0.4) is 0 Å². The highest BCUT2D eigenvalue weighted by Gasteiger charge is 2.53. The molecular weight excluding hydrogens is 1020 g/mol. The molecular formula is C59H85N3O17. The van der Waals surface area contributed by atoms with Crippen molar-refractivity contribution in [2.45, 2.75) is 174 Å². The number of esters is 1. The van der Waals surface area contributed by atoms with Crippen molar-refractivity contribution in [3.05, 3.63) is 77.9 Å². The number of carbonyl (C=O) groups excluding carboxylic acids is 7. The second-order valence-corrected chi connectivity index (χ2v) is 22.3. The SMILES string of the molecule is CO[C@@H]1C[C@H](C[C@@H](C)[C@@H]2CC(=O)[C@H](C)/C=C(\C)[C@@H](O)[C@@H](OC)C(=O)[C@H](C)C[C@H](C)/C=C/C=C/C=C(\C)[C@H](N(O)C(=O)Oc3ccccc3)C[C@@H]3CC[C@@H](C)[C@@](O)(O3)C(=O)C(=O)N3CCCC[C@H]3C(=O)O2)CC[C@H]1C(=O)ON(C)O. The Morgan fingerprint density at radius 2 is 1.58 bits per heavy atom. The van der Waals surface area contributed by atoms with Gasteiger partial charge in [0, 0.05) is 51.4 Å². The number of nitrogens with zero attached hydrogens (tertiary/aromatic N) is 3. The molecule has 1 aliphatic carbocycles. The van der Waals surface area contributed by atoms with E-state index in [4.69, 9.17) is 28.5 Å². The van der Waals surface area contributed by atoms with Crippen LogP contribution in [0.15, 0.2) is 77.9 Å². The first kappa shape index (κ1) is 64.4. The summed E-state index contributed by atoms with van der Waals surface area (Å²) in [4.78, 5) is 104. The summed E-state index contributed by atoms with van der Waals surface area (Å²) in [6.45, 7) is 12.0. The Balaban J connectivity index is 1.50. The average Bonchev–Trinajstić information content (AvgIpc) is 3.41. The zero-order valence-electron chi connectivity index (χ0n) is 47.6. The van der Waals surface area contributed by atoms with Gasteiger partial charge in [0.1, 0.15) is 35.9 Å². The smallest absolute Gasteiger partial charge is 0.439 e. The number of ether oxygens (including phenoxy) is 5. The maximum absolute atomic E-state index is 14.6. The van der Waals surface area contributed by atoms with Gasteiger partial charge in [0.05, 0.1) is 31.2 Å². The summed E-state index contributed by atoms with van der Waals surface area (Å²) in [6.07, 6.45) is 7.23. The van der Waals surface area contributed by atoms with Gasteiger partial charge in [-0.05, 0) is 124 Å². The predicted octanol–water partition coefficient (Wildman–Crippen LogP) is 7.46. The van der Waals surface area contributed by atoms with E-state index in [1.54, 1.807) is 95.3 Å². The minimum absolute atomic E-state index is 0.0304. The van der Waals surface area contributed by atoms with E-state index in [-0.39, 0.29) is 67.8 Å². The summed E-state index contributed by atoms with van der Waals surface area (Å²) in [5.74, 6) is -10.8. The van der Waals surface area contributed by atoms with Crippen molar-refractivity contribution < 1.29 is 82.7 Å². The van der Waals surface area contributed by atoms with Crippen molar-refractivity contribution in [1.29, 1.82) is 0 Å². The van der Waals surface area contributed by atoms with E-state index < -0.39 is 108 Å². The third kappa shape index (κ3) is 17.3. The lowest BCUT2D eigenvalue weighted by Crippen LogP contribution is -2.61. The molecule has 3 aliphatic heterocycles. The summed E-state index contributed by atoms with van der Waals surface area (Å²) in [5.41, 5.74) is 0.785. The zero-order valence-corrected chi connectivity index (χ0v) is 47.6. The highest BCUT2D eigenvalue weighted by Crippen LogP contribution is 2.39. The Morgan fingerprint density at radius 3 is 2.25 bits per heavy atom. The first-order chi connectivity index (χ1) is 37.4. The molecule has 20 nitrogen and oxygen atoms in total. The first-order valence-corrected chi connectivity index (χ1v) is 27.8. The van der Waals surface area contributed by atoms with Crippen LogP contribution in [0.5, 0.6) is 5.75 Å². The zero-order chi connectivity index (χ0) is 58.3. The molecule has 0 spiro atoms. The van der Waals surface area contributed by atoms with Crippen LogP contribution in [-0.2, 0) is 52.6 Å². The van der Waals surface area contributed by atoms with E-state index in [0.717, 1.165) is 4.90 Å². The molecule has 438 valence electrons. The number of hydroxylamine groups is 4. The van der Waals surface area contributed by atoms with Gasteiger partial charge in [0.2, 0.25) is 5.79 Å².